The number of nitro benzene ring substituents is 1. The van der Waals surface area contributed by atoms with Crippen LogP contribution in [-0.4, -0.2) is 16.4 Å². The van der Waals surface area contributed by atoms with E-state index in [1.165, 1.54) is 6.07 Å². The van der Waals surface area contributed by atoms with Crippen molar-refractivity contribution in [3.63, 3.8) is 0 Å². The molecule has 0 aliphatic heterocycles. The Morgan fingerprint density at radius 3 is 2.68 bits per heavy atom. The van der Waals surface area contributed by atoms with Gasteiger partial charge in [0.25, 0.3) is 11.6 Å². The minimum Gasteiger partial charge on any atom is -0.334 e. The Hall–Kier alpha value is -2.42. The molecule has 100 valence electrons. The molecule has 0 spiro atoms. The number of para-hydroxylation sites is 1. The molecule has 0 aromatic heterocycles. The Morgan fingerprint density at radius 1 is 1.58 bits per heavy atom. The summed E-state index contributed by atoms with van der Waals surface area (Å²) in [7, 11) is 0. The summed E-state index contributed by atoms with van der Waals surface area (Å²) in [6.45, 7) is 4.90. The predicted molar refractivity (Wildman–Crippen MR) is 69.6 cm³/mol. The fourth-order valence-corrected chi connectivity index (χ4v) is 1.60. The number of aryl methyl sites for hydroxylation is 1. The molecule has 0 radical (unpaired) electrons. The topological polar surface area (TPSA) is 96.0 Å². The van der Waals surface area contributed by atoms with E-state index in [-0.39, 0.29) is 11.3 Å². The maximum absolute atomic E-state index is 12.1. The number of benzene rings is 1. The lowest BCUT2D eigenvalue weighted by Gasteiger charge is -2.21. The van der Waals surface area contributed by atoms with Gasteiger partial charge in [0.05, 0.1) is 11.0 Å². The highest BCUT2D eigenvalue weighted by atomic mass is 16.6. The zero-order chi connectivity index (χ0) is 14.6. The lowest BCUT2D eigenvalue weighted by atomic mass is 9.99. The molecule has 1 N–H and O–H groups in total. The second-order valence-corrected chi connectivity index (χ2v) is 4.48. The van der Waals surface area contributed by atoms with Crippen molar-refractivity contribution in [2.24, 2.45) is 0 Å². The molecule has 19 heavy (non-hydrogen) atoms. The Morgan fingerprint density at radius 2 is 2.21 bits per heavy atom. The summed E-state index contributed by atoms with van der Waals surface area (Å²) in [5, 5.41) is 22.6. The van der Waals surface area contributed by atoms with Crippen molar-refractivity contribution in [1.82, 2.24) is 5.32 Å². The largest absolute Gasteiger partial charge is 0.334 e. The Bertz CT molecular complexity index is 563. The third kappa shape index (κ3) is 3.07. The SMILES string of the molecule is CCC(C)(C#N)NC(=O)c1cccc(C)c1[N+](=O)[O-]. The minimum absolute atomic E-state index is 0.0278. The van der Waals surface area contributed by atoms with Gasteiger partial charge < -0.3 is 5.32 Å². The van der Waals surface area contributed by atoms with Gasteiger partial charge in [-0.25, -0.2) is 0 Å². The van der Waals surface area contributed by atoms with E-state index < -0.39 is 16.4 Å². The Kier molecular flexibility index (Phi) is 4.22. The van der Waals surface area contributed by atoms with Gasteiger partial charge in [-0.15, -0.1) is 0 Å². The predicted octanol–water partition coefficient (Wildman–Crippen LogP) is 2.33. The van der Waals surface area contributed by atoms with Gasteiger partial charge in [-0.2, -0.15) is 5.26 Å². The van der Waals surface area contributed by atoms with E-state index in [9.17, 15) is 14.9 Å². The number of amides is 1. The number of hydrogen-bond acceptors (Lipinski definition) is 4. The molecule has 0 aliphatic rings. The van der Waals surface area contributed by atoms with Gasteiger partial charge >= 0.3 is 0 Å². The monoisotopic (exact) mass is 261 g/mol. The number of nitro groups is 1. The van der Waals surface area contributed by atoms with Crippen molar-refractivity contribution in [2.75, 3.05) is 0 Å². The number of nitrogens with one attached hydrogen (secondary N) is 1. The van der Waals surface area contributed by atoms with E-state index in [1.54, 1.807) is 32.9 Å². The van der Waals surface area contributed by atoms with E-state index in [4.69, 9.17) is 5.26 Å². The smallest absolute Gasteiger partial charge is 0.285 e. The summed E-state index contributed by atoms with van der Waals surface area (Å²) in [6, 6.07) is 6.52. The lowest BCUT2D eigenvalue weighted by molar-refractivity contribution is -0.385. The normalized spacial score (nSPS) is 13.2. The number of rotatable bonds is 4. The second kappa shape index (κ2) is 5.48. The molecule has 0 saturated heterocycles. The van der Waals surface area contributed by atoms with Crippen LogP contribution in [0.2, 0.25) is 0 Å². The van der Waals surface area contributed by atoms with Crippen LogP contribution in [0.25, 0.3) is 0 Å². The van der Waals surface area contributed by atoms with Gasteiger partial charge in [-0.1, -0.05) is 19.1 Å². The van der Waals surface area contributed by atoms with Crippen LogP contribution in [0.3, 0.4) is 0 Å². The van der Waals surface area contributed by atoms with E-state index in [0.29, 0.717) is 12.0 Å². The third-order valence-electron chi connectivity index (χ3n) is 3.01. The molecule has 1 atom stereocenters. The Labute approximate surface area is 111 Å². The number of carbonyl (C=O) groups excluding carboxylic acids is 1. The van der Waals surface area contributed by atoms with E-state index in [1.807, 2.05) is 6.07 Å². The summed E-state index contributed by atoms with van der Waals surface area (Å²) >= 11 is 0. The highest BCUT2D eigenvalue weighted by molar-refractivity contribution is 5.99. The molecular formula is C13H15N3O3. The highest BCUT2D eigenvalue weighted by Crippen LogP contribution is 2.23. The standard InChI is InChI=1S/C13H15N3O3/c1-4-13(3,8-14)15-12(17)10-7-5-6-9(2)11(10)16(18)19/h5-7H,4H2,1-3H3,(H,15,17). The first-order valence-electron chi connectivity index (χ1n) is 5.82. The minimum atomic E-state index is -1.03. The first kappa shape index (κ1) is 14.6. The van der Waals surface area contributed by atoms with E-state index >= 15 is 0 Å². The van der Waals surface area contributed by atoms with Crippen molar-refractivity contribution in [3.8, 4) is 6.07 Å². The Balaban J connectivity index is 3.19. The quantitative estimate of drug-likeness (QED) is 0.664. The van der Waals surface area contributed by atoms with Gasteiger partial charge in [0, 0.05) is 5.56 Å². The summed E-state index contributed by atoms with van der Waals surface area (Å²) in [4.78, 5) is 22.5. The summed E-state index contributed by atoms with van der Waals surface area (Å²) in [5.41, 5.74) is -0.876. The fraction of sp³-hybridized carbons (Fsp3) is 0.385. The van der Waals surface area contributed by atoms with Crippen LogP contribution >= 0.6 is 0 Å². The van der Waals surface area contributed by atoms with Crippen LogP contribution in [0.5, 0.6) is 0 Å². The van der Waals surface area contributed by atoms with Crippen LogP contribution in [0, 0.1) is 28.4 Å². The molecule has 1 rings (SSSR count). The summed E-state index contributed by atoms with van der Waals surface area (Å²) in [5.74, 6) is -0.610. The van der Waals surface area contributed by atoms with Gasteiger partial charge in [0.2, 0.25) is 0 Å². The van der Waals surface area contributed by atoms with Crippen LogP contribution in [0.1, 0.15) is 36.2 Å². The van der Waals surface area contributed by atoms with Gasteiger partial charge in [-0.3, -0.25) is 14.9 Å². The molecule has 6 heteroatoms. The first-order valence-corrected chi connectivity index (χ1v) is 5.82. The van der Waals surface area contributed by atoms with Gasteiger partial charge in [0.15, 0.2) is 0 Å². The zero-order valence-electron chi connectivity index (χ0n) is 11.1. The van der Waals surface area contributed by atoms with E-state index in [0.717, 1.165) is 0 Å². The highest BCUT2D eigenvalue weighted by Gasteiger charge is 2.28. The van der Waals surface area contributed by atoms with Crippen LogP contribution in [0.4, 0.5) is 5.69 Å². The second-order valence-electron chi connectivity index (χ2n) is 4.48. The molecule has 1 unspecified atom stereocenters. The molecule has 0 bridgehead atoms. The lowest BCUT2D eigenvalue weighted by Crippen LogP contribution is -2.44. The van der Waals surface area contributed by atoms with Crippen molar-refractivity contribution < 1.29 is 9.72 Å². The van der Waals surface area contributed by atoms with Crippen LogP contribution in [-0.2, 0) is 0 Å². The molecule has 0 saturated carbocycles. The molecule has 0 aliphatic carbocycles. The maximum Gasteiger partial charge on any atom is 0.285 e. The van der Waals surface area contributed by atoms with Crippen molar-refractivity contribution >= 4 is 11.6 Å². The average molecular weight is 261 g/mol. The third-order valence-corrected chi connectivity index (χ3v) is 3.01. The van der Waals surface area contributed by atoms with Crippen LogP contribution < -0.4 is 5.32 Å². The molecule has 1 aromatic rings. The number of hydrogen-bond donors (Lipinski definition) is 1. The number of nitrogens with zero attached hydrogens (tertiary/aromatic N) is 2. The fourth-order valence-electron chi connectivity index (χ4n) is 1.60. The first-order chi connectivity index (χ1) is 8.84. The average Bonchev–Trinajstić information content (AvgIpc) is 2.37. The van der Waals surface area contributed by atoms with Crippen LogP contribution in [0.15, 0.2) is 18.2 Å². The zero-order valence-corrected chi connectivity index (χ0v) is 11.1. The molecule has 6 nitrogen and oxygen atoms in total. The van der Waals surface area contributed by atoms with Gasteiger partial charge in [-0.05, 0) is 26.3 Å². The van der Waals surface area contributed by atoms with Crippen molar-refractivity contribution in [2.45, 2.75) is 32.7 Å². The number of carbonyl (C=O) groups is 1. The van der Waals surface area contributed by atoms with Crippen molar-refractivity contribution in [3.05, 3.63) is 39.4 Å². The molecule has 1 amide bonds. The molecular weight excluding hydrogens is 246 g/mol. The molecule has 0 fully saturated rings. The van der Waals surface area contributed by atoms with E-state index in [2.05, 4.69) is 5.32 Å². The summed E-state index contributed by atoms with van der Waals surface area (Å²) < 4.78 is 0. The molecule has 0 heterocycles. The maximum atomic E-state index is 12.1. The van der Waals surface area contributed by atoms with Crippen molar-refractivity contribution in [1.29, 1.82) is 5.26 Å². The summed E-state index contributed by atoms with van der Waals surface area (Å²) in [6.07, 6.45) is 0.412. The van der Waals surface area contributed by atoms with Gasteiger partial charge in [0.1, 0.15) is 11.1 Å². The molecule has 1 aromatic carbocycles. The number of nitriles is 1.